The van der Waals surface area contributed by atoms with E-state index in [2.05, 4.69) is 26.7 Å². The maximum Gasteiger partial charge on any atom is 0.327 e. The molecule has 0 fully saturated rings. The summed E-state index contributed by atoms with van der Waals surface area (Å²) in [4.78, 5) is 34.1. The molecule has 0 aromatic heterocycles. The fourth-order valence-corrected chi connectivity index (χ4v) is 2.01. The third-order valence-corrected chi connectivity index (χ3v) is 2.98. The third-order valence-electron chi connectivity index (χ3n) is 2.19. The maximum atomic E-state index is 11.5. The topological polar surface area (TPSA) is 96.5 Å². The van der Waals surface area contributed by atoms with Crippen molar-refractivity contribution in [2.75, 3.05) is 6.61 Å². The fourth-order valence-electron chi connectivity index (χ4n) is 1.28. The zero-order chi connectivity index (χ0) is 16.7. The van der Waals surface area contributed by atoms with Gasteiger partial charge in [-0.05, 0) is 32.0 Å². The Bertz CT molecular complexity index is 580. The van der Waals surface area contributed by atoms with Crippen molar-refractivity contribution in [1.29, 1.82) is 0 Å². The molecule has 0 aliphatic carbocycles. The van der Waals surface area contributed by atoms with Crippen molar-refractivity contribution >= 4 is 45.3 Å². The van der Waals surface area contributed by atoms with Crippen molar-refractivity contribution in [3.05, 3.63) is 27.7 Å². The normalized spacial score (nSPS) is 10.0. The number of hydrogen-bond acceptors (Lipinski definition) is 4. The van der Waals surface area contributed by atoms with Gasteiger partial charge in [-0.25, -0.2) is 0 Å². The van der Waals surface area contributed by atoms with Gasteiger partial charge < -0.3 is 10.1 Å². The standard InChI is InChI=1S/C13H15BrClN3O4/c1-7(2)16-12(20)13(21)18-17-11(19)6-22-10-4-3-8(14)5-9(10)15/h3-5,7H,6H2,1-2H3,(H,16,20)(H,17,19)(H,18,21). The number of rotatable bonds is 4. The molecule has 0 unspecified atom stereocenters. The summed E-state index contributed by atoms with van der Waals surface area (Å²) in [6, 6.07) is 4.73. The summed E-state index contributed by atoms with van der Waals surface area (Å²) in [6.45, 7) is 3.05. The number of hydrogen-bond donors (Lipinski definition) is 3. The van der Waals surface area contributed by atoms with E-state index in [9.17, 15) is 14.4 Å². The summed E-state index contributed by atoms with van der Waals surface area (Å²) >= 11 is 9.16. The average molecular weight is 393 g/mol. The van der Waals surface area contributed by atoms with E-state index in [0.29, 0.717) is 10.8 Å². The molecule has 0 atom stereocenters. The minimum absolute atomic E-state index is 0.183. The van der Waals surface area contributed by atoms with Crippen LogP contribution in [0, 0.1) is 0 Å². The number of amides is 3. The fraction of sp³-hybridized carbons (Fsp3) is 0.308. The second kappa shape index (κ2) is 8.60. The molecule has 0 aliphatic heterocycles. The first-order valence-electron chi connectivity index (χ1n) is 6.27. The van der Waals surface area contributed by atoms with Crippen LogP contribution in [0.5, 0.6) is 5.75 Å². The molecule has 22 heavy (non-hydrogen) atoms. The van der Waals surface area contributed by atoms with Crippen molar-refractivity contribution in [2.45, 2.75) is 19.9 Å². The van der Waals surface area contributed by atoms with Gasteiger partial charge in [0.15, 0.2) is 6.61 Å². The highest BCUT2D eigenvalue weighted by atomic mass is 79.9. The Labute approximate surface area is 140 Å². The lowest BCUT2D eigenvalue weighted by atomic mass is 10.3. The van der Waals surface area contributed by atoms with Gasteiger partial charge in [-0.15, -0.1) is 0 Å². The summed E-state index contributed by atoms with van der Waals surface area (Å²) in [5, 5.41) is 2.72. The smallest absolute Gasteiger partial charge is 0.327 e. The molecule has 0 heterocycles. The van der Waals surface area contributed by atoms with Crippen LogP contribution in [0.2, 0.25) is 5.02 Å². The molecule has 1 aromatic rings. The second-order valence-corrected chi connectivity index (χ2v) is 5.82. The lowest BCUT2D eigenvalue weighted by molar-refractivity contribution is -0.141. The van der Waals surface area contributed by atoms with Gasteiger partial charge in [-0.1, -0.05) is 27.5 Å². The highest BCUT2D eigenvalue weighted by Crippen LogP contribution is 2.27. The quantitative estimate of drug-likeness (QED) is 0.529. The van der Waals surface area contributed by atoms with Crippen molar-refractivity contribution in [3.8, 4) is 5.75 Å². The number of benzene rings is 1. The van der Waals surface area contributed by atoms with Crippen molar-refractivity contribution in [3.63, 3.8) is 0 Å². The van der Waals surface area contributed by atoms with Crippen molar-refractivity contribution in [1.82, 2.24) is 16.2 Å². The summed E-state index contributed by atoms with van der Waals surface area (Å²) in [6.07, 6.45) is 0. The Balaban J connectivity index is 2.37. The van der Waals surface area contributed by atoms with Gasteiger partial charge in [0.2, 0.25) is 0 Å². The summed E-state index contributed by atoms with van der Waals surface area (Å²) < 4.78 is 5.97. The van der Waals surface area contributed by atoms with Gasteiger partial charge in [0.1, 0.15) is 5.75 Å². The van der Waals surface area contributed by atoms with Crippen molar-refractivity contribution < 1.29 is 19.1 Å². The SMILES string of the molecule is CC(C)NC(=O)C(=O)NNC(=O)COc1ccc(Br)cc1Cl. The van der Waals surface area contributed by atoms with Crippen LogP contribution < -0.4 is 20.9 Å². The van der Waals surface area contributed by atoms with Gasteiger partial charge >= 0.3 is 11.8 Å². The first-order valence-corrected chi connectivity index (χ1v) is 7.44. The van der Waals surface area contributed by atoms with E-state index in [4.69, 9.17) is 16.3 Å². The Morgan fingerprint density at radius 1 is 1.23 bits per heavy atom. The van der Waals surface area contributed by atoms with E-state index >= 15 is 0 Å². The van der Waals surface area contributed by atoms with E-state index in [1.807, 2.05) is 5.43 Å². The summed E-state index contributed by atoms with van der Waals surface area (Å²) in [5.74, 6) is -2.12. The number of nitrogens with one attached hydrogen (secondary N) is 3. The van der Waals surface area contributed by atoms with Crippen LogP contribution >= 0.6 is 27.5 Å². The minimum Gasteiger partial charge on any atom is -0.482 e. The molecule has 0 saturated carbocycles. The summed E-state index contributed by atoms with van der Waals surface area (Å²) in [5.41, 5.74) is 4.04. The van der Waals surface area contributed by atoms with Crippen LogP contribution in [-0.4, -0.2) is 30.4 Å². The minimum atomic E-state index is -0.969. The molecule has 0 spiro atoms. The van der Waals surface area contributed by atoms with Gasteiger partial charge in [0.05, 0.1) is 5.02 Å². The molecule has 7 nitrogen and oxygen atoms in total. The number of halogens is 2. The zero-order valence-electron chi connectivity index (χ0n) is 11.9. The Kier molecular flexibility index (Phi) is 7.13. The van der Waals surface area contributed by atoms with Crippen LogP contribution in [0.4, 0.5) is 0 Å². The van der Waals surface area contributed by atoms with Crippen LogP contribution in [0.15, 0.2) is 22.7 Å². The average Bonchev–Trinajstić information content (AvgIpc) is 2.43. The number of carbonyl (C=O) groups is 3. The molecule has 3 N–H and O–H groups in total. The molecule has 9 heteroatoms. The van der Waals surface area contributed by atoms with Crippen LogP contribution in [0.1, 0.15) is 13.8 Å². The Morgan fingerprint density at radius 2 is 1.91 bits per heavy atom. The molecule has 1 rings (SSSR count). The highest BCUT2D eigenvalue weighted by Gasteiger charge is 2.15. The first kappa shape index (κ1) is 18.2. The molecular weight excluding hydrogens is 378 g/mol. The maximum absolute atomic E-state index is 11.5. The number of ether oxygens (including phenoxy) is 1. The molecule has 0 saturated heterocycles. The van der Waals surface area contributed by atoms with E-state index in [-0.39, 0.29) is 12.6 Å². The molecular formula is C13H15BrClN3O4. The molecule has 1 aromatic carbocycles. The Morgan fingerprint density at radius 3 is 2.50 bits per heavy atom. The molecule has 0 aliphatic rings. The van der Waals surface area contributed by atoms with Gasteiger partial charge in [0, 0.05) is 10.5 Å². The zero-order valence-corrected chi connectivity index (χ0v) is 14.2. The lowest BCUT2D eigenvalue weighted by Crippen LogP contribution is -2.50. The molecule has 120 valence electrons. The predicted octanol–water partition coefficient (Wildman–Crippen LogP) is 1.15. The lowest BCUT2D eigenvalue weighted by Gasteiger charge is -2.11. The highest BCUT2D eigenvalue weighted by molar-refractivity contribution is 9.10. The van der Waals surface area contributed by atoms with Crippen LogP contribution in [0.25, 0.3) is 0 Å². The van der Waals surface area contributed by atoms with Gasteiger partial charge in [-0.2, -0.15) is 0 Å². The van der Waals surface area contributed by atoms with Gasteiger partial charge in [0.25, 0.3) is 5.91 Å². The number of hydrazine groups is 1. The van der Waals surface area contributed by atoms with E-state index < -0.39 is 17.7 Å². The van der Waals surface area contributed by atoms with E-state index in [1.165, 1.54) is 0 Å². The van der Waals surface area contributed by atoms with E-state index in [0.717, 1.165) is 4.47 Å². The molecule has 0 radical (unpaired) electrons. The largest absolute Gasteiger partial charge is 0.482 e. The first-order chi connectivity index (χ1) is 10.3. The molecule has 3 amide bonds. The van der Waals surface area contributed by atoms with Crippen molar-refractivity contribution in [2.24, 2.45) is 0 Å². The summed E-state index contributed by atoms with van der Waals surface area (Å²) in [7, 11) is 0. The predicted molar refractivity (Wildman–Crippen MR) is 84.2 cm³/mol. The van der Waals surface area contributed by atoms with Crippen LogP contribution in [-0.2, 0) is 14.4 Å². The Hall–Kier alpha value is -1.80. The molecule has 0 bridgehead atoms. The van der Waals surface area contributed by atoms with Crippen LogP contribution in [0.3, 0.4) is 0 Å². The number of carbonyl (C=O) groups excluding carboxylic acids is 3. The second-order valence-electron chi connectivity index (χ2n) is 4.49. The third kappa shape index (κ3) is 6.31. The monoisotopic (exact) mass is 391 g/mol. The van der Waals surface area contributed by atoms with E-state index in [1.54, 1.807) is 32.0 Å². The van der Waals surface area contributed by atoms with Gasteiger partial charge in [-0.3, -0.25) is 25.2 Å².